The zero-order valence-electron chi connectivity index (χ0n) is 10.4. The van der Waals surface area contributed by atoms with Crippen molar-refractivity contribution in [1.29, 1.82) is 0 Å². The highest BCUT2D eigenvalue weighted by Crippen LogP contribution is 2.15. The van der Waals surface area contributed by atoms with Crippen molar-refractivity contribution in [3.63, 3.8) is 0 Å². The third kappa shape index (κ3) is 3.86. The van der Waals surface area contributed by atoms with Gasteiger partial charge in [0.15, 0.2) is 0 Å². The van der Waals surface area contributed by atoms with Crippen molar-refractivity contribution in [2.75, 3.05) is 0 Å². The molecule has 0 N–H and O–H groups in total. The molecule has 1 aromatic rings. The molecule has 1 nitrogen and oxygen atoms in total. The average molecular weight is 203 g/mol. The minimum Gasteiger partial charge on any atom is -0.283 e. The predicted octanol–water partition coefficient (Wildman–Crippen LogP) is 3.93. The van der Waals surface area contributed by atoms with E-state index >= 15 is 0 Å². The second-order valence-electron chi connectivity index (χ2n) is 5.19. The van der Waals surface area contributed by atoms with Gasteiger partial charge in [0.25, 0.3) is 0 Å². The van der Waals surface area contributed by atoms with Crippen molar-refractivity contribution >= 4 is 5.71 Å². The SMILES string of the molecule is CC(C)/C(=N\C(C)(C)C)c1ccccc1. The van der Waals surface area contributed by atoms with E-state index < -0.39 is 0 Å². The molecule has 1 aromatic carbocycles. The van der Waals surface area contributed by atoms with Gasteiger partial charge < -0.3 is 0 Å². The largest absolute Gasteiger partial charge is 0.283 e. The first kappa shape index (κ1) is 12.0. The van der Waals surface area contributed by atoms with E-state index in [0.717, 1.165) is 0 Å². The summed E-state index contributed by atoms with van der Waals surface area (Å²) in [5, 5.41) is 0. The first-order valence-electron chi connectivity index (χ1n) is 5.55. The molecule has 0 fully saturated rings. The Labute approximate surface area is 93.2 Å². The number of hydrogen-bond acceptors (Lipinski definition) is 1. The van der Waals surface area contributed by atoms with Crippen LogP contribution in [0.2, 0.25) is 0 Å². The van der Waals surface area contributed by atoms with Crippen molar-refractivity contribution in [1.82, 2.24) is 0 Å². The van der Waals surface area contributed by atoms with Crippen LogP contribution in [0, 0.1) is 5.92 Å². The van der Waals surface area contributed by atoms with E-state index in [2.05, 4.69) is 58.9 Å². The van der Waals surface area contributed by atoms with Crippen LogP contribution in [-0.4, -0.2) is 11.3 Å². The molecule has 0 amide bonds. The van der Waals surface area contributed by atoms with Gasteiger partial charge in [0, 0.05) is 5.71 Å². The zero-order chi connectivity index (χ0) is 11.5. The monoisotopic (exact) mass is 203 g/mol. The third-order valence-corrected chi connectivity index (χ3v) is 2.07. The molecule has 0 unspecified atom stereocenters. The third-order valence-electron chi connectivity index (χ3n) is 2.07. The molecular formula is C14H21N. The fourth-order valence-corrected chi connectivity index (χ4v) is 1.50. The number of hydrogen-bond donors (Lipinski definition) is 0. The molecular weight excluding hydrogens is 182 g/mol. The highest BCUT2D eigenvalue weighted by atomic mass is 14.8. The van der Waals surface area contributed by atoms with Gasteiger partial charge in [-0.3, -0.25) is 4.99 Å². The molecule has 0 atom stereocenters. The average Bonchev–Trinajstić information content (AvgIpc) is 2.14. The maximum absolute atomic E-state index is 4.80. The van der Waals surface area contributed by atoms with Gasteiger partial charge in [-0.15, -0.1) is 0 Å². The van der Waals surface area contributed by atoms with Crippen LogP contribution in [0.3, 0.4) is 0 Å². The smallest absolute Gasteiger partial charge is 0.0527 e. The van der Waals surface area contributed by atoms with Gasteiger partial charge in [0.1, 0.15) is 0 Å². The highest BCUT2D eigenvalue weighted by molar-refractivity contribution is 6.02. The van der Waals surface area contributed by atoms with E-state index in [9.17, 15) is 0 Å². The molecule has 0 bridgehead atoms. The van der Waals surface area contributed by atoms with Crippen molar-refractivity contribution < 1.29 is 0 Å². The summed E-state index contributed by atoms with van der Waals surface area (Å²) in [7, 11) is 0. The van der Waals surface area contributed by atoms with E-state index in [0.29, 0.717) is 5.92 Å². The summed E-state index contributed by atoms with van der Waals surface area (Å²) in [4.78, 5) is 4.80. The molecule has 15 heavy (non-hydrogen) atoms. The van der Waals surface area contributed by atoms with Gasteiger partial charge in [0.2, 0.25) is 0 Å². The number of rotatable bonds is 2. The van der Waals surface area contributed by atoms with Gasteiger partial charge in [-0.2, -0.15) is 0 Å². The Balaban J connectivity index is 3.10. The molecule has 0 aromatic heterocycles. The van der Waals surface area contributed by atoms with Crippen molar-refractivity contribution in [2.45, 2.75) is 40.2 Å². The number of benzene rings is 1. The fraction of sp³-hybridized carbons (Fsp3) is 0.500. The van der Waals surface area contributed by atoms with Crippen molar-refractivity contribution in [2.24, 2.45) is 10.9 Å². The summed E-state index contributed by atoms with van der Waals surface area (Å²) < 4.78 is 0. The summed E-state index contributed by atoms with van der Waals surface area (Å²) in [5.74, 6) is 0.464. The van der Waals surface area contributed by atoms with Gasteiger partial charge in [0.05, 0.1) is 5.54 Å². The van der Waals surface area contributed by atoms with Crippen LogP contribution in [0.4, 0.5) is 0 Å². The van der Waals surface area contributed by atoms with Gasteiger partial charge in [-0.1, -0.05) is 44.2 Å². The van der Waals surface area contributed by atoms with E-state index in [-0.39, 0.29) is 5.54 Å². The lowest BCUT2D eigenvalue weighted by molar-refractivity contribution is 0.578. The van der Waals surface area contributed by atoms with Gasteiger partial charge in [-0.05, 0) is 32.3 Å². The molecule has 0 heterocycles. The molecule has 0 aliphatic rings. The first-order valence-corrected chi connectivity index (χ1v) is 5.55. The summed E-state index contributed by atoms with van der Waals surface area (Å²) in [6, 6.07) is 10.4. The Kier molecular flexibility index (Phi) is 3.67. The molecule has 0 spiro atoms. The molecule has 0 aliphatic heterocycles. The zero-order valence-corrected chi connectivity index (χ0v) is 10.4. The van der Waals surface area contributed by atoms with Crippen LogP contribution in [0.25, 0.3) is 0 Å². The lowest BCUT2D eigenvalue weighted by Crippen LogP contribution is -2.18. The Morgan fingerprint density at radius 2 is 1.60 bits per heavy atom. The Bertz CT molecular complexity index is 328. The summed E-state index contributed by atoms with van der Waals surface area (Å²) in [6.07, 6.45) is 0. The van der Waals surface area contributed by atoms with Crippen LogP contribution in [-0.2, 0) is 0 Å². The molecule has 1 rings (SSSR count). The normalized spacial score (nSPS) is 13.3. The number of aliphatic imine (C=N–C) groups is 1. The number of nitrogens with zero attached hydrogens (tertiary/aromatic N) is 1. The van der Waals surface area contributed by atoms with E-state index in [1.54, 1.807) is 0 Å². The van der Waals surface area contributed by atoms with Gasteiger partial charge >= 0.3 is 0 Å². The molecule has 0 saturated heterocycles. The maximum atomic E-state index is 4.80. The second kappa shape index (κ2) is 4.61. The maximum Gasteiger partial charge on any atom is 0.0527 e. The summed E-state index contributed by atoms with van der Waals surface area (Å²) >= 11 is 0. The van der Waals surface area contributed by atoms with Crippen LogP contribution in [0.15, 0.2) is 35.3 Å². The van der Waals surface area contributed by atoms with Crippen molar-refractivity contribution in [3.8, 4) is 0 Å². The second-order valence-corrected chi connectivity index (χ2v) is 5.19. The van der Waals surface area contributed by atoms with Crippen LogP contribution in [0.5, 0.6) is 0 Å². The highest BCUT2D eigenvalue weighted by Gasteiger charge is 2.13. The predicted molar refractivity (Wildman–Crippen MR) is 67.6 cm³/mol. The Hall–Kier alpha value is -1.11. The summed E-state index contributed by atoms with van der Waals surface area (Å²) in [5.41, 5.74) is 2.43. The minimum absolute atomic E-state index is 0.00452. The van der Waals surface area contributed by atoms with Crippen LogP contribution < -0.4 is 0 Å². The lowest BCUT2D eigenvalue weighted by atomic mass is 9.98. The summed E-state index contributed by atoms with van der Waals surface area (Å²) in [6.45, 7) is 10.8. The molecule has 82 valence electrons. The first-order chi connectivity index (χ1) is 6.90. The Morgan fingerprint density at radius 1 is 1.07 bits per heavy atom. The van der Waals surface area contributed by atoms with E-state index in [1.807, 2.05) is 6.07 Å². The quantitative estimate of drug-likeness (QED) is 0.646. The molecule has 0 aliphatic carbocycles. The Morgan fingerprint density at radius 3 is 2.00 bits per heavy atom. The molecule has 0 saturated carbocycles. The molecule has 0 radical (unpaired) electrons. The van der Waals surface area contributed by atoms with Gasteiger partial charge in [-0.25, -0.2) is 0 Å². The fourth-order valence-electron chi connectivity index (χ4n) is 1.50. The van der Waals surface area contributed by atoms with E-state index in [1.165, 1.54) is 11.3 Å². The lowest BCUT2D eigenvalue weighted by Gasteiger charge is -2.18. The van der Waals surface area contributed by atoms with Crippen molar-refractivity contribution in [3.05, 3.63) is 35.9 Å². The minimum atomic E-state index is -0.00452. The molecule has 1 heteroatoms. The standard InChI is InChI=1S/C14H21N/c1-11(2)13(15-14(3,4)5)12-9-7-6-8-10-12/h6-11H,1-5H3/b15-13+. The van der Waals surface area contributed by atoms with Crippen LogP contribution >= 0.6 is 0 Å². The van der Waals surface area contributed by atoms with E-state index in [4.69, 9.17) is 4.99 Å². The van der Waals surface area contributed by atoms with Crippen LogP contribution in [0.1, 0.15) is 40.2 Å². The topological polar surface area (TPSA) is 12.4 Å².